The van der Waals surface area contributed by atoms with Crippen LogP contribution in [0.15, 0.2) is 176 Å². The standard InChI is InChI=1S/C18H12N2O3.C16H16N4O2.C16H16N2O2.C15H12N2O3.2C14H12N2O3/c21-17-13-9-5-4-8-12(13)15-16(18(17)22)20-14(19-15)10-23-11-6-2-1-3-7-11;1-19-6-8-20(9-7-19)16-17-12-10-4-2-3-5-11(10)14(21)15(22)13(12)18-16;1-3-9(4-2)16-17-12-10-7-5-6-8-11(10)14(19)15(20)13(12)18-16;18-13-9-5-2-1-4-8(9)11-12(14(13)19)17-15(16-11)10-6-3-7-20-10;1-14(2,19)13-15-9-7-5-3-4-6-8(7)11(17)12(18)10(9)16-13;1-3-19-14-15-10-8-6-4-5-7-9(8)12(17)13(18)11(10)16(14)2/h1-9H,10H2,(H,19,20);2-5H,6-9H2,1H3,(H,17,18);5-9H,3-4H2,1-2H3,(H,17,18);1-2,4-5,10H,3,6-7H2,(H,16,17);3-6,19H,1-2H3,(H,15,16);4-7H,3H2,1-2H3. The van der Waals surface area contributed by atoms with E-state index in [9.17, 15) is 62.6 Å². The van der Waals surface area contributed by atoms with Crippen LogP contribution in [0.2, 0.25) is 0 Å². The molecule has 1 atom stereocenters. The Hall–Kier alpha value is -14.9. The van der Waals surface area contributed by atoms with Gasteiger partial charge in [0.25, 0.3) is 40.7 Å². The normalized spacial score (nSPS) is 15.5. The molecular formula is C93H80N14O16. The van der Waals surface area contributed by atoms with Crippen molar-refractivity contribution in [3.8, 4) is 79.3 Å². The van der Waals surface area contributed by atoms with Crippen LogP contribution in [0.1, 0.15) is 221 Å². The minimum Gasteiger partial charge on any atom is -0.486 e. The predicted molar refractivity (Wildman–Crippen MR) is 449 cm³/mol. The van der Waals surface area contributed by atoms with Crippen molar-refractivity contribution in [3.63, 3.8) is 0 Å². The maximum Gasteiger partial charge on any atom is 0.297 e. The number of rotatable bonds is 11. The van der Waals surface area contributed by atoms with Gasteiger partial charge in [0, 0.05) is 113 Å². The highest BCUT2D eigenvalue weighted by molar-refractivity contribution is 6.55. The number of carbonyl (C=O) groups excluding carboxylic acids is 12. The Labute approximate surface area is 702 Å². The van der Waals surface area contributed by atoms with E-state index in [1.165, 1.54) is 4.57 Å². The molecule has 0 bridgehead atoms. The van der Waals surface area contributed by atoms with Crippen molar-refractivity contribution >= 4 is 75.3 Å². The molecule has 123 heavy (non-hydrogen) atoms. The second-order valence-electron chi connectivity index (χ2n) is 30.5. The molecule has 13 aromatic rings. The first-order valence-corrected chi connectivity index (χ1v) is 40.1. The summed E-state index contributed by atoms with van der Waals surface area (Å²) in [6.45, 7) is 14.1. The van der Waals surface area contributed by atoms with Gasteiger partial charge < -0.3 is 54.0 Å². The molecule has 6 aliphatic carbocycles. The van der Waals surface area contributed by atoms with Crippen molar-refractivity contribution < 1.29 is 76.9 Å². The lowest BCUT2D eigenvalue weighted by Crippen LogP contribution is -2.44. The summed E-state index contributed by atoms with van der Waals surface area (Å²) < 4.78 is 18.1. The van der Waals surface area contributed by atoms with E-state index in [-0.39, 0.29) is 35.8 Å². The number of benzene rings is 7. The first kappa shape index (κ1) is 81.8. The molecule has 0 radical (unpaired) electrons. The summed E-state index contributed by atoms with van der Waals surface area (Å²) in [5.41, 5.74) is 10.3. The smallest absolute Gasteiger partial charge is 0.297 e. The Morgan fingerprint density at radius 3 is 1.25 bits per heavy atom. The fraction of sp³-hybridized carbons (Fsp3) is 0.226. The SMILES string of the molecule is CC(C)(O)c1nc2c([nH]1)C(=O)C(=O)c1ccccc1-2.CCC(CC)c1nc2c([nH]1)C(=O)C(=O)c1ccccc1-2.CCOc1nc2c(n1C)C(=O)C(=O)c1ccccc1-2.CN1CCN(c2nc3c([nH]2)C(=O)C(=O)c2ccccc2-3)CC1.O=C1C(=O)c2[nH]c(C3CCCO3)nc2-c2ccccc21.O=C1C(=O)c2[nH]c(COc3ccccc3)nc2-c2ccccc21. The molecular weight excluding hydrogens is 1570 g/mol. The van der Waals surface area contributed by atoms with E-state index in [4.69, 9.17) is 14.2 Å². The van der Waals surface area contributed by atoms with Gasteiger partial charge in [0.15, 0.2) is 0 Å². The number of aliphatic hydroxyl groups is 1. The Morgan fingerprint density at radius 1 is 0.415 bits per heavy atom. The summed E-state index contributed by atoms with van der Waals surface area (Å²) in [6.07, 6.45) is 3.67. The lowest BCUT2D eigenvalue weighted by Gasteiger charge is -2.32. The zero-order chi connectivity index (χ0) is 86.4. The maximum atomic E-state index is 12.3. The first-order chi connectivity index (χ1) is 59.3. The number of ether oxygens (including phenoxy) is 3. The largest absolute Gasteiger partial charge is 0.486 e. The van der Waals surface area contributed by atoms with Gasteiger partial charge in [0.05, 0.1) is 6.61 Å². The zero-order valence-corrected chi connectivity index (χ0v) is 67.8. The van der Waals surface area contributed by atoms with Crippen LogP contribution in [0.25, 0.3) is 67.5 Å². The van der Waals surface area contributed by atoms with Crippen molar-refractivity contribution in [2.45, 2.75) is 84.5 Å². The zero-order valence-electron chi connectivity index (χ0n) is 67.8. The fourth-order valence-corrected chi connectivity index (χ4v) is 15.7. The molecule has 0 saturated carbocycles. The van der Waals surface area contributed by atoms with Crippen LogP contribution in [-0.4, -0.2) is 185 Å². The number of H-pyrrole nitrogens is 5. The summed E-state index contributed by atoms with van der Waals surface area (Å²) in [5, 5.41) is 9.95. The van der Waals surface area contributed by atoms with Gasteiger partial charge in [-0.05, 0) is 65.6 Å². The van der Waals surface area contributed by atoms with Crippen molar-refractivity contribution in [3.05, 3.63) is 267 Å². The van der Waals surface area contributed by atoms with Crippen LogP contribution >= 0.6 is 0 Å². The number of ketones is 12. The molecule has 2 aliphatic heterocycles. The molecule has 8 heterocycles. The van der Waals surface area contributed by atoms with E-state index in [1.54, 1.807) is 118 Å². The highest BCUT2D eigenvalue weighted by Gasteiger charge is 2.42. The molecule has 6 aromatic heterocycles. The Morgan fingerprint density at radius 2 is 0.805 bits per heavy atom. The number of Topliss-reactive ketones (excluding diaryl/α,β-unsaturated/α-hetero) is 12. The number of hydrogen-bond acceptors (Lipinski definition) is 24. The Balaban J connectivity index is 0.000000109. The van der Waals surface area contributed by atoms with Gasteiger partial charge in [-0.2, -0.15) is 4.98 Å². The number of aromatic nitrogens is 12. The second kappa shape index (κ2) is 33.7. The number of anilines is 1. The lowest BCUT2D eigenvalue weighted by atomic mass is 9.90. The van der Waals surface area contributed by atoms with Crippen molar-refractivity contribution in [2.75, 3.05) is 51.3 Å². The second-order valence-corrected chi connectivity index (χ2v) is 30.5. The average Bonchev–Trinajstić information content (AvgIpc) is 1.66. The van der Waals surface area contributed by atoms with E-state index in [2.05, 4.69) is 85.5 Å². The molecule has 8 aliphatic rings. The third-order valence-corrected chi connectivity index (χ3v) is 22.2. The molecule has 6 N–H and O–H groups in total. The van der Waals surface area contributed by atoms with E-state index in [1.807, 2.05) is 85.8 Å². The summed E-state index contributed by atoms with van der Waals surface area (Å²) in [4.78, 5) is 191. The van der Waals surface area contributed by atoms with Gasteiger partial charge in [-0.3, -0.25) is 62.1 Å². The molecule has 618 valence electrons. The molecule has 30 nitrogen and oxygen atoms in total. The Kier molecular flexibility index (Phi) is 22.4. The van der Waals surface area contributed by atoms with Crippen molar-refractivity contribution in [2.24, 2.45) is 7.05 Å². The van der Waals surface area contributed by atoms with Crippen LogP contribution in [0.5, 0.6) is 11.8 Å². The molecule has 0 amide bonds. The molecule has 2 fully saturated rings. The van der Waals surface area contributed by atoms with Gasteiger partial charge in [-0.1, -0.05) is 178 Å². The number of nitrogens with zero attached hydrogens (tertiary/aromatic N) is 9. The van der Waals surface area contributed by atoms with E-state index in [0.717, 1.165) is 68.8 Å². The number of imidazole rings is 6. The third-order valence-electron chi connectivity index (χ3n) is 22.2. The highest BCUT2D eigenvalue weighted by Crippen LogP contribution is 2.41. The minimum atomic E-state index is -1.20. The van der Waals surface area contributed by atoms with E-state index >= 15 is 0 Å². The Bertz CT molecular complexity index is 6410. The van der Waals surface area contributed by atoms with E-state index < -0.39 is 75.0 Å². The number of hydrogen-bond donors (Lipinski definition) is 6. The van der Waals surface area contributed by atoms with Crippen LogP contribution in [0.4, 0.5) is 5.95 Å². The highest BCUT2D eigenvalue weighted by atomic mass is 16.5. The number of fused-ring (bicyclic) bond motifs is 18. The van der Waals surface area contributed by atoms with Gasteiger partial charge in [0.1, 0.15) is 116 Å². The maximum absolute atomic E-state index is 12.3. The quantitative estimate of drug-likeness (QED) is 0.0655. The van der Waals surface area contributed by atoms with Crippen molar-refractivity contribution in [1.29, 1.82) is 0 Å². The number of likely N-dealkylation sites (N-methyl/N-ethyl adjacent to an activating group) is 1. The third kappa shape index (κ3) is 15.3. The molecule has 2 saturated heterocycles. The average molecular weight is 1650 g/mol. The van der Waals surface area contributed by atoms with Crippen LogP contribution in [0, 0.1) is 0 Å². The minimum absolute atomic E-state index is 0.101. The topological polar surface area (TPSA) is 420 Å². The van der Waals surface area contributed by atoms with Gasteiger partial charge >= 0.3 is 0 Å². The summed E-state index contributed by atoms with van der Waals surface area (Å²) in [6, 6.07) is 51.9. The monoisotopic (exact) mass is 1650 g/mol. The predicted octanol–water partition coefficient (Wildman–Crippen LogP) is 13.5. The summed E-state index contributed by atoms with van der Waals surface area (Å²) >= 11 is 0. The molecule has 0 spiro atoms. The molecule has 7 aromatic carbocycles. The first-order valence-electron chi connectivity index (χ1n) is 40.1. The lowest BCUT2D eigenvalue weighted by molar-refractivity contribution is 0.0693. The fourth-order valence-electron chi connectivity index (χ4n) is 15.7. The van der Waals surface area contributed by atoms with Crippen molar-refractivity contribution in [1.82, 2.24) is 64.3 Å². The summed E-state index contributed by atoms with van der Waals surface area (Å²) in [7, 11) is 3.76. The molecule has 21 rings (SSSR count). The number of carbonyl (C=O) groups is 12. The van der Waals surface area contributed by atoms with E-state index in [0.29, 0.717) is 155 Å². The molecule has 1 unspecified atom stereocenters. The number of para-hydroxylation sites is 1. The van der Waals surface area contributed by atoms with Gasteiger partial charge in [-0.25, -0.2) is 24.9 Å². The van der Waals surface area contributed by atoms with Gasteiger partial charge in [0.2, 0.25) is 40.6 Å². The van der Waals surface area contributed by atoms with Crippen LogP contribution in [0.3, 0.4) is 0 Å². The summed E-state index contributed by atoms with van der Waals surface area (Å²) in [5.74, 6) is -2.23. The van der Waals surface area contributed by atoms with Crippen LogP contribution < -0.4 is 14.4 Å². The van der Waals surface area contributed by atoms with Gasteiger partial charge in [-0.15, -0.1) is 0 Å². The van der Waals surface area contributed by atoms with Crippen LogP contribution in [-0.2, 0) is 24.0 Å². The number of nitrogens with one attached hydrogen (secondary N) is 5. The molecule has 30 heteroatoms. The number of aromatic amines is 5. The number of piperazine rings is 1.